The Morgan fingerprint density at radius 3 is 0.730 bits per heavy atom. The lowest BCUT2D eigenvalue weighted by molar-refractivity contribution is -0.532. The molecular weight excluding hydrogens is 492 g/mol. The van der Waals surface area contributed by atoms with Gasteiger partial charge in [-0.05, 0) is 55.4 Å². The highest BCUT2D eigenvalue weighted by Crippen LogP contribution is 2.26. The van der Waals surface area contributed by atoms with Crippen LogP contribution in [0.25, 0.3) is 0 Å². The molecule has 0 aromatic heterocycles. The van der Waals surface area contributed by atoms with E-state index in [-0.39, 0.29) is 52.9 Å². The van der Waals surface area contributed by atoms with E-state index in [0.29, 0.717) is 0 Å². The van der Waals surface area contributed by atoms with Crippen LogP contribution in [0.2, 0.25) is 0 Å². The Hall–Kier alpha value is -0.480. The average Bonchev–Trinajstić information content (AvgIpc) is 2.72. The van der Waals surface area contributed by atoms with Crippen molar-refractivity contribution in [3.8, 4) is 0 Å². The highest BCUT2D eigenvalue weighted by molar-refractivity contribution is 4.63. The fourth-order valence-corrected chi connectivity index (χ4v) is 2.91. The van der Waals surface area contributed by atoms with E-state index >= 15 is 0 Å². The number of ether oxygens (including phenoxy) is 8. The van der Waals surface area contributed by atoms with Crippen molar-refractivity contribution in [2.75, 3.05) is 52.9 Å². The minimum absolute atomic E-state index is 0.120. The molecule has 0 aromatic carbocycles. The highest BCUT2D eigenvalue weighted by Gasteiger charge is 2.43. The van der Waals surface area contributed by atoms with Crippen molar-refractivity contribution >= 4 is 0 Å². The number of hydrogen-bond acceptors (Lipinski definition) is 12. The molecule has 8 unspecified atom stereocenters. The van der Waals surface area contributed by atoms with Gasteiger partial charge in [0.05, 0.1) is 102 Å². The zero-order valence-corrected chi connectivity index (χ0v) is 23.8. The topological polar surface area (TPSA) is 155 Å². The van der Waals surface area contributed by atoms with Crippen LogP contribution in [-0.2, 0) is 37.9 Å². The first-order valence-corrected chi connectivity index (χ1v) is 13.0. The van der Waals surface area contributed by atoms with Crippen LogP contribution in [0.4, 0.5) is 0 Å². The van der Waals surface area contributed by atoms with Crippen LogP contribution in [0.15, 0.2) is 0 Å². The molecule has 0 aromatic rings. The van der Waals surface area contributed by atoms with Crippen LogP contribution in [-0.4, -0.2) is 128 Å². The van der Waals surface area contributed by atoms with Crippen molar-refractivity contribution in [2.24, 2.45) is 0 Å². The molecule has 8 atom stereocenters. The van der Waals surface area contributed by atoms with Gasteiger partial charge in [-0.25, -0.2) is 0 Å². The summed E-state index contributed by atoms with van der Waals surface area (Å²) in [5.74, 6) is 0. The van der Waals surface area contributed by atoms with Crippen molar-refractivity contribution in [1.29, 1.82) is 0 Å². The monoisotopic (exact) mass is 544 g/mol. The van der Waals surface area contributed by atoms with Crippen molar-refractivity contribution in [3.63, 3.8) is 0 Å². The zero-order valence-electron chi connectivity index (χ0n) is 23.8. The minimum Gasteiger partial charge on any atom is -0.391 e. The predicted molar refractivity (Wildman–Crippen MR) is 135 cm³/mol. The van der Waals surface area contributed by atoms with E-state index in [4.69, 9.17) is 37.9 Å². The predicted octanol–water partition coefficient (Wildman–Crippen LogP) is 0.808. The number of rotatable bonds is 24. The van der Waals surface area contributed by atoms with Gasteiger partial charge in [0.25, 0.3) is 0 Å². The molecule has 0 aliphatic heterocycles. The molecule has 4 N–H and O–H groups in total. The molecule has 0 radical (unpaired) electrons. The molecule has 37 heavy (non-hydrogen) atoms. The van der Waals surface area contributed by atoms with E-state index in [9.17, 15) is 20.4 Å². The van der Waals surface area contributed by atoms with Gasteiger partial charge in [-0.3, -0.25) is 18.9 Å². The largest absolute Gasteiger partial charge is 0.414 e. The highest BCUT2D eigenvalue weighted by atomic mass is 17.0. The van der Waals surface area contributed by atoms with Crippen LogP contribution < -0.4 is 0 Å². The quantitative estimate of drug-likeness (QED) is 0.127. The van der Waals surface area contributed by atoms with Crippen molar-refractivity contribution in [3.05, 3.63) is 0 Å². The fourth-order valence-electron chi connectivity index (χ4n) is 2.91. The van der Waals surface area contributed by atoms with Crippen LogP contribution in [0, 0.1) is 0 Å². The van der Waals surface area contributed by atoms with E-state index in [0.717, 1.165) is 0 Å². The van der Waals surface area contributed by atoms with Gasteiger partial charge < -0.3 is 39.4 Å². The number of aliphatic hydroxyl groups excluding tert-OH is 4. The van der Waals surface area contributed by atoms with E-state index < -0.39 is 55.0 Å². The second kappa shape index (κ2) is 20.4. The molecular formula is C25H52O12. The van der Waals surface area contributed by atoms with Gasteiger partial charge in [0.1, 0.15) is 0 Å². The Balaban J connectivity index is 5.66. The first kappa shape index (κ1) is 36.5. The second-order valence-electron chi connectivity index (χ2n) is 9.76. The standard InChI is InChI=1S/C25H52O12/c1-17(26)9-30-13-21(5)34-25(35-22(6)14-31-10-18(2)27,36-23(7)15-32-11-19(3)28)37-24(8)16-33-12-20(4)29/h17-24,26-29H,9-16H2,1-8H3. The molecule has 0 heterocycles. The summed E-state index contributed by atoms with van der Waals surface area (Å²) in [6.45, 7) is 14.4. The van der Waals surface area contributed by atoms with Gasteiger partial charge in [-0.2, -0.15) is 0 Å². The third kappa shape index (κ3) is 21.1. The first-order chi connectivity index (χ1) is 17.2. The van der Waals surface area contributed by atoms with Crippen LogP contribution >= 0.6 is 0 Å². The van der Waals surface area contributed by atoms with Gasteiger partial charge in [0, 0.05) is 0 Å². The van der Waals surface area contributed by atoms with Crippen molar-refractivity contribution in [1.82, 2.24) is 0 Å². The Morgan fingerprint density at radius 1 is 0.378 bits per heavy atom. The molecule has 0 amide bonds. The normalized spacial score (nSPS) is 20.4. The maximum Gasteiger partial charge on any atom is 0.414 e. The molecule has 0 aliphatic carbocycles. The smallest absolute Gasteiger partial charge is 0.391 e. The molecule has 0 spiro atoms. The molecule has 0 rings (SSSR count). The molecule has 224 valence electrons. The summed E-state index contributed by atoms with van der Waals surface area (Å²) in [5, 5.41) is 37.9. The Morgan fingerprint density at radius 2 is 0.568 bits per heavy atom. The molecule has 0 fully saturated rings. The second-order valence-corrected chi connectivity index (χ2v) is 9.76. The zero-order chi connectivity index (χ0) is 28.4. The van der Waals surface area contributed by atoms with E-state index in [2.05, 4.69) is 0 Å². The molecule has 0 bridgehead atoms. The molecule has 12 heteroatoms. The summed E-state index contributed by atoms with van der Waals surface area (Å²) in [5.41, 5.74) is 0. The maximum atomic E-state index is 9.48. The van der Waals surface area contributed by atoms with Gasteiger partial charge >= 0.3 is 6.16 Å². The van der Waals surface area contributed by atoms with Crippen molar-refractivity contribution < 1.29 is 58.3 Å². The third-order valence-corrected chi connectivity index (χ3v) is 4.23. The maximum absolute atomic E-state index is 9.48. The fraction of sp³-hybridized carbons (Fsp3) is 1.00. The molecule has 0 saturated heterocycles. The van der Waals surface area contributed by atoms with Gasteiger partial charge in [-0.15, -0.1) is 0 Å². The Kier molecular flexibility index (Phi) is 20.2. The third-order valence-electron chi connectivity index (χ3n) is 4.23. The van der Waals surface area contributed by atoms with Crippen molar-refractivity contribution in [2.45, 2.75) is 110 Å². The lowest BCUT2D eigenvalue weighted by atomic mass is 10.4. The summed E-state index contributed by atoms with van der Waals surface area (Å²) in [7, 11) is 0. The van der Waals surface area contributed by atoms with Crippen LogP contribution in [0.5, 0.6) is 0 Å². The first-order valence-electron chi connectivity index (χ1n) is 13.0. The summed E-state index contributed by atoms with van der Waals surface area (Å²) in [6, 6.07) is 0. The average molecular weight is 545 g/mol. The van der Waals surface area contributed by atoms with E-state index in [1.807, 2.05) is 0 Å². The molecule has 0 saturated carbocycles. The summed E-state index contributed by atoms with van der Waals surface area (Å²) >= 11 is 0. The Labute approximate surface area is 222 Å². The SMILES string of the molecule is CC(O)COCC(C)OC(OC(C)COCC(C)O)(OC(C)COCC(C)O)OC(C)COCC(C)O. The van der Waals surface area contributed by atoms with E-state index in [1.165, 1.54) is 0 Å². The lowest BCUT2D eigenvalue weighted by Gasteiger charge is -2.39. The van der Waals surface area contributed by atoms with Crippen LogP contribution in [0.1, 0.15) is 55.4 Å². The van der Waals surface area contributed by atoms with Crippen LogP contribution in [0.3, 0.4) is 0 Å². The van der Waals surface area contributed by atoms with Gasteiger partial charge in [0.15, 0.2) is 0 Å². The molecule has 12 nitrogen and oxygen atoms in total. The minimum atomic E-state index is -2.03. The summed E-state index contributed by atoms with van der Waals surface area (Å²) in [6.07, 6.45) is -6.90. The summed E-state index contributed by atoms with van der Waals surface area (Å²) < 4.78 is 46.5. The number of hydrogen-bond donors (Lipinski definition) is 4. The molecule has 0 aliphatic rings. The summed E-state index contributed by atoms with van der Waals surface area (Å²) in [4.78, 5) is 0. The lowest BCUT2D eigenvalue weighted by Crippen LogP contribution is -2.52. The Bertz CT molecular complexity index is 438. The van der Waals surface area contributed by atoms with Gasteiger partial charge in [-0.1, -0.05) is 0 Å². The number of aliphatic hydroxyl groups is 4. The van der Waals surface area contributed by atoms with Gasteiger partial charge in [0.2, 0.25) is 0 Å². The van der Waals surface area contributed by atoms with E-state index in [1.54, 1.807) is 55.4 Å².